The van der Waals surface area contributed by atoms with E-state index in [1.807, 2.05) is 31.2 Å². The zero-order chi connectivity index (χ0) is 14.7. The van der Waals surface area contributed by atoms with Gasteiger partial charge in [0.2, 0.25) is 11.8 Å². The van der Waals surface area contributed by atoms with Crippen LogP contribution in [0.15, 0.2) is 24.3 Å². The second-order valence-corrected chi connectivity index (χ2v) is 5.87. The Kier molecular flexibility index (Phi) is 4.42. The van der Waals surface area contributed by atoms with Crippen molar-refractivity contribution >= 4 is 11.8 Å². The van der Waals surface area contributed by atoms with Gasteiger partial charge in [0.05, 0.1) is 6.54 Å². The first-order valence-corrected chi connectivity index (χ1v) is 7.10. The van der Waals surface area contributed by atoms with E-state index in [4.69, 9.17) is 0 Å². The minimum Gasteiger partial charge on any atom is -0.343 e. The van der Waals surface area contributed by atoms with Crippen molar-refractivity contribution < 1.29 is 9.59 Å². The van der Waals surface area contributed by atoms with Crippen LogP contribution in [0.2, 0.25) is 0 Å². The highest BCUT2D eigenvalue weighted by molar-refractivity contribution is 5.94. The number of hydrogen-bond acceptors (Lipinski definition) is 2. The first kappa shape index (κ1) is 14.6. The fourth-order valence-corrected chi connectivity index (χ4v) is 2.53. The molecule has 0 bridgehead atoms. The minimum absolute atomic E-state index is 0.0292. The predicted molar refractivity (Wildman–Crippen MR) is 78.0 cm³/mol. The van der Waals surface area contributed by atoms with E-state index in [1.54, 1.807) is 4.90 Å². The van der Waals surface area contributed by atoms with Gasteiger partial charge in [-0.2, -0.15) is 0 Å². The molecule has 0 aliphatic carbocycles. The molecule has 1 unspecified atom stereocenters. The second kappa shape index (κ2) is 6.07. The molecule has 1 aliphatic rings. The quantitative estimate of drug-likeness (QED) is 0.911. The van der Waals surface area contributed by atoms with Crippen molar-refractivity contribution in [2.75, 3.05) is 6.54 Å². The van der Waals surface area contributed by atoms with Crippen molar-refractivity contribution in [3.05, 3.63) is 35.4 Å². The molecule has 1 saturated heterocycles. The van der Waals surface area contributed by atoms with Gasteiger partial charge in [-0.1, -0.05) is 38.1 Å². The van der Waals surface area contributed by atoms with Crippen molar-refractivity contribution in [2.45, 2.75) is 39.8 Å². The molecule has 1 N–H and O–H groups in total. The smallest absolute Gasteiger partial charge is 0.245 e. The molecular formula is C16H22N2O2. The summed E-state index contributed by atoms with van der Waals surface area (Å²) in [6.45, 7) is 6.80. The molecule has 20 heavy (non-hydrogen) atoms. The van der Waals surface area contributed by atoms with Gasteiger partial charge in [-0.15, -0.1) is 0 Å². The Bertz CT molecular complexity index is 511. The Morgan fingerprint density at radius 3 is 2.65 bits per heavy atom. The minimum atomic E-state index is -0.375. The molecule has 0 spiro atoms. The van der Waals surface area contributed by atoms with Crippen molar-refractivity contribution in [3.8, 4) is 0 Å². The third kappa shape index (κ3) is 3.38. The SMILES string of the molecule is Cc1ccccc1CN1CC(=O)NC(CC(C)C)C1=O. The molecule has 0 aromatic heterocycles. The van der Waals surface area contributed by atoms with Crippen LogP contribution in [0.5, 0.6) is 0 Å². The summed E-state index contributed by atoms with van der Waals surface area (Å²) in [5.41, 5.74) is 2.24. The maximum absolute atomic E-state index is 12.4. The van der Waals surface area contributed by atoms with Gasteiger partial charge in [0, 0.05) is 6.54 Å². The van der Waals surface area contributed by atoms with Gasteiger partial charge in [0.25, 0.3) is 0 Å². The summed E-state index contributed by atoms with van der Waals surface area (Å²) in [5, 5.41) is 2.80. The first-order valence-electron chi connectivity index (χ1n) is 7.10. The first-order chi connectivity index (χ1) is 9.47. The molecule has 1 fully saturated rings. The van der Waals surface area contributed by atoms with Crippen molar-refractivity contribution in [2.24, 2.45) is 5.92 Å². The van der Waals surface area contributed by atoms with E-state index < -0.39 is 0 Å². The highest BCUT2D eigenvalue weighted by Crippen LogP contribution is 2.16. The summed E-state index contributed by atoms with van der Waals surface area (Å²) >= 11 is 0. The van der Waals surface area contributed by atoms with E-state index in [2.05, 4.69) is 19.2 Å². The van der Waals surface area contributed by atoms with Crippen LogP contribution in [0, 0.1) is 12.8 Å². The van der Waals surface area contributed by atoms with Crippen LogP contribution in [0.3, 0.4) is 0 Å². The normalized spacial score (nSPS) is 19.4. The highest BCUT2D eigenvalue weighted by atomic mass is 16.2. The molecule has 0 saturated carbocycles. The van der Waals surface area contributed by atoms with Gasteiger partial charge < -0.3 is 10.2 Å². The lowest BCUT2D eigenvalue weighted by Crippen LogP contribution is -2.57. The monoisotopic (exact) mass is 274 g/mol. The zero-order valence-corrected chi connectivity index (χ0v) is 12.3. The van der Waals surface area contributed by atoms with Crippen LogP contribution in [0.1, 0.15) is 31.4 Å². The largest absolute Gasteiger partial charge is 0.343 e. The van der Waals surface area contributed by atoms with Crippen LogP contribution in [-0.4, -0.2) is 29.3 Å². The topological polar surface area (TPSA) is 49.4 Å². The number of piperazine rings is 1. The lowest BCUT2D eigenvalue weighted by atomic mass is 10.00. The molecule has 1 aromatic rings. The zero-order valence-electron chi connectivity index (χ0n) is 12.3. The molecule has 4 heteroatoms. The fraction of sp³-hybridized carbons (Fsp3) is 0.500. The van der Waals surface area contributed by atoms with E-state index in [0.717, 1.165) is 11.1 Å². The Labute approximate surface area is 120 Å². The van der Waals surface area contributed by atoms with Crippen LogP contribution in [-0.2, 0) is 16.1 Å². The Morgan fingerprint density at radius 1 is 1.30 bits per heavy atom. The van der Waals surface area contributed by atoms with Crippen LogP contribution in [0.4, 0.5) is 0 Å². The lowest BCUT2D eigenvalue weighted by Gasteiger charge is -2.33. The lowest BCUT2D eigenvalue weighted by molar-refractivity contribution is -0.145. The summed E-state index contributed by atoms with van der Waals surface area (Å²) in [4.78, 5) is 25.9. The number of benzene rings is 1. The summed E-state index contributed by atoms with van der Waals surface area (Å²) < 4.78 is 0. The molecule has 4 nitrogen and oxygen atoms in total. The Hall–Kier alpha value is -1.84. The van der Waals surface area contributed by atoms with E-state index in [1.165, 1.54) is 0 Å². The standard InChI is InChI=1S/C16H22N2O2/c1-11(2)8-14-16(20)18(10-15(19)17-14)9-13-7-5-4-6-12(13)3/h4-7,11,14H,8-10H2,1-3H3,(H,17,19). The maximum Gasteiger partial charge on any atom is 0.245 e. The summed E-state index contributed by atoms with van der Waals surface area (Å²) in [7, 11) is 0. The van der Waals surface area contributed by atoms with Crippen molar-refractivity contribution in [1.29, 1.82) is 0 Å². The molecule has 1 aliphatic heterocycles. The van der Waals surface area contributed by atoms with E-state index in [-0.39, 0.29) is 24.4 Å². The third-order valence-electron chi connectivity index (χ3n) is 3.61. The fourth-order valence-electron chi connectivity index (χ4n) is 2.53. The van der Waals surface area contributed by atoms with Gasteiger partial charge >= 0.3 is 0 Å². The molecule has 1 heterocycles. The van der Waals surface area contributed by atoms with Gasteiger partial charge in [-0.25, -0.2) is 0 Å². The van der Waals surface area contributed by atoms with Gasteiger partial charge in [0.1, 0.15) is 6.04 Å². The number of amides is 2. The van der Waals surface area contributed by atoms with Crippen molar-refractivity contribution in [3.63, 3.8) is 0 Å². The third-order valence-corrected chi connectivity index (χ3v) is 3.61. The van der Waals surface area contributed by atoms with E-state index >= 15 is 0 Å². The van der Waals surface area contributed by atoms with Gasteiger partial charge in [-0.3, -0.25) is 9.59 Å². The average Bonchev–Trinajstić information content (AvgIpc) is 2.37. The average molecular weight is 274 g/mol. The van der Waals surface area contributed by atoms with Crippen LogP contribution in [0.25, 0.3) is 0 Å². The second-order valence-electron chi connectivity index (χ2n) is 5.87. The Balaban J connectivity index is 2.12. The number of hydrogen-bond donors (Lipinski definition) is 1. The summed E-state index contributed by atoms with van der Waals surface area (Å²) in [5.74, 6) is 0.341. The molecule has 0 radical (unpaired) electrons. The van der Waals surface area contributed by atoms with Crippen LogP contribution < -0.4 is 5.32 Å². The molecule has 2 rings (SSSR count). The molecular weight excluding hydrogens is 252 g/mol. The van der Waals surface area contributed by atoms with E-state index in [0.29, 0.717) is 18.9 Å². The summed E-state index contributed by atoms with van der Waals surface area (Å²) in [6, 6.07) is 7.59. The van der Waals surface area contributed by atoms with E-state index in [9.17, 15) is 9.59 Å². The van der Waals surface area contributed by atoms with Crippen molar-refractivity contribution in [1.82, 2.24) is 10.2 Å². The Morgan fingerprint density at radius 2 is 2.00 bits per heavy atom. The number of carbonyl (C=O) groups excluding carboxylic acids is 2. The number of carbonyl (C=O) groups is 2. The number of aryl methyl sites for hydroxylation is 1. The molecule has 1 atom stereocenters. The number of nitrogens with one attached hydrogen (secondary N) is 1. The van der Waals surface area contributed by atoms with Crippen LogP contribution >= 0.6 is 0 Å². The molecule has 108 valence electrons. The maximum atomic E-state index is 12.4. The van der Waals surface area contributed by atoms with Gasteiger partial charge in [0.15, 0.2) is 0 Å². The predicted octanol–water partition coefficient (Wildman–Crippen LogP) is 1.87. The highest BCUT2D eigenvalue weighted by Gasteiger charge is 2.32. The van der Waals surface area contributed by atoms with Gasteiger partial charge in [-0.05, 0) is 30.4 Å². The molecule has 2 amide bonds. The number of nitrogens with zero attached hydrogens (tertiary/aromatic N) is 1. The number of rotatable bonds is 4. The summed E-state index contributed by atoms with van der Waals surface area (Å²) in [6.07, 6.45) is 0.689. The molecule has 1 aromatic carbocycles.